The summed E-state index contributed by atoms with van der Waals surface area (Å²) in [7, 11) is 1.73. The summed E-state index contributed by atoms with van der Waals surface area (Å²) in [6.07, 6.45) is 14.6. The van der Waals surface area contributed by atoms with Crippen LogP contribution in [0.5, 0.6) is 11.5 Å². The molecule has 0 radical (unpaired) electrons. The number of aromatic nitrogens is 1. The predicted octanol–water partition coefficient (Wildman–Crippen LogP) is 11.3. The Hall–Kier alpha value is -5.31. The van der Waals surface area contributed by atoms with Crippen molar-refractivity contribution in [2.24, 2.45) is 17.3 Å². The van der Waals surface area contributed by atoms with Gasteiger partial charge in [-0.3, -0.25) is 29.1 Å². The quantitative estimate of drug-likeness (QED) is 0.158. The van der Waals surface area contributed by atoms with Crippen LogP contribution >= 0.6 is 0 Å². The van der Waals surface area contributed by atoms with Crippen LogP contribution in [0.1, 0.15) is 156 Å². The summed E-state index contributed by atoms with van der Waals surface area (Å²) in [5.74, 6) is 2.60. The predicted molar refractivity (Wildman–Crippen MR) is 249 cm³/mol. The summed E-state index contributed by atoms with van der Waals surface area (Å²) < 4.78 is 12.3. The van der Waals surface area contributed by atoms with Gasteiger partial charge in [-0.15, -0.1) is 6.58 Å². The summed E-state index contributed by atoms with van der Waals surface area (Å²) in [6, 6.07) is 11.3. The molecule has 62 heavy (non-hydrogen) atoms. The number of piperidine rings is 1. The maximum absolute atomic E-state index is 13.5. The topological polar surface area (TPSA) is 106 Å². The molecular weight excluding hydrogens is 775 g/mol. The number of carbonyl (C=O) groups excluding carboxylic acids is 4. The summed E-state index contributed by atoms with van der Waals surface area (Å²) in [5.41, 5.74) is 9.12. The minimum atomic E-state index is -0.564. The van der Waals surface area contributed by atoms with Crippen LogP contribution in [0, 0.1) is 24.2 Å². The maximum atomic E-state index is 13.5. The third kappa shape index (κ3) is 9.52. The zero-order chi connectivity index (χ0) is 44.9. The van der Waals surface area contributed by atoms with Gasteiger partial charge in [-0.2, -0.15) is 0 Å². The SMILES string of the molecule is C=C(C)CCC(C(C)=O)N1C(=C)c2ccc(OC3CC4(CCN(C(=O)CC5CC(Cc6c(C)cc(C7=CCC(=O)c8cnccc87)cc6OC)C5)CC4)C3)cc2C1=O.CC.CC.[HH]. The first-order chi connectivity index (χ1) is 29.8. The molecular formula is C53H69N3O6. The normalized spacial score (nSPS) is 20.3. The number of aryl methyl sites for hydroxylation is 1. The Morgan fingerprint density at radius 3 is 2.32 bits per heavy atom. The number of hydrogen-bond acceptors (Lipinski definition) is 7. The van der Waals surface area contributed by atoms with E-state index in [2.05, 4.69) is 42.1 Å². The molecule has 1 saturated heterocycles. The summed E-state index contributed by atoms with van der Waals surface area (Å²) in [5, 5.41) is 0. The van der Waals surface area contributed by atoms with Crippen LogP contribution in [-0.2, 0) is 16.0 Å². The van der Waals surface area contributed by atoms with E-state index in [1.54, 1.807) is 24.4 Å². The molecule has 2 saturated carbocycles. The fourth-order valence-electron chi connectivity index (χ4n) is 10.3. The number of pyridine rings is 1. The third-order valence-corrected chi connectivity index (χ3v) is 13.6. The standard InChI is InChI=1S/C49H55N3O6.2C2H6.H2/c1-29(2)7-11-44(32(5)53)52-31(4)38-9-8-36(25-42(38)48(52)56)58-37-26-49(27-37)14-17-51(18-15-49)47(55)23-34-20-33(21-34)22-41-30(3)19-35(24-46(41)57-6)39-10-12-45(54)43-28-50-16-13-40(39)43;2*1-2;/h8-10,13,16,19,24-25,28,33-34,37,44H,1,4,7,11-12,14-15,17-18,20-23,26-27H2,2-3,5-6H3;2*1-2H3;1H. The molecule has 9 nitrogen and oxygen atoms in total. The first-order valence-electron chi connectivity index (χ1n) is 22.9. The smallest absolute Gasteiger partial charge is 0.259 e. The number of ketones is 2. The van der Waals surface area contributed by atoms with Gasteiger partial charge in [0, 0.05) is 56.6 Å². The van der Waals surface area contributed by atoms with Crippen LogP contribution in [0.4, 0.5) is 0 Å². The Morgan fingerprint density at radius 2 is 1.66 bits per heavy atom. The number of nitrogens with zero attached hydrogens (tertiary/aromatic N) is 3. The molecule has 1 unspecified atom stereocenters. The van der Waals surface area contributed by atoms with Gasteiger partial charge < -0.3 is 14.4 Å². The minimum absolute atomic E-state index is 0. The Kier molecular flexibility index (Phi) is 14.8. The van der Waals surface area contributed by atoms with E-state index in [1.165, 1.54) is 18.1 Å². The van der Waals surface area contributed by atoms with Crippen molar-refractivity contribution in [3.05, 3.63) is 113 Å². The van der Waals surface area contributed by atoms with Gasteiger partial charge in [0.2, 0.25) is 5.91 Å². The summed E-state index contributed by atoms with van der Waals surface area (Å²) in [4.78, 5) is 59.8. The molecule has 3 aromatic rings. The molecule has 3 fully saturated rings. The van der Waals surface area contributed by atoms with Crippen molar-refractivity contribution in [3.63, 3.8) is 0 Å². The lowest BCUT2D eigenvalue weighted by atomic mass is 9.61. The van der Waals surface area contributed by atoms with Crippen LogP contribution in [-0.4, -0.2) is 70.5 Å². The van der Waals surface area contributed by atoms with Gasteiger partial charge in [-0.25, -0.2) is 0 Å². The van der Waals surface area contributed by atoms with Gasteiger partial charge in [0.1, 0.15) is 11.5 Å². The molecule has 2 aliphatic heterocycles. The molecule has 9 heteroatoms. The number of likely N-dealkylation sites (tertiary alicyclic amines) is 1. The highest BCUT2D eigenvalue weighted by Crippen LogP contribution is 2.51. The highest BCUT2D eigenvalue weighted by Gasteiger charge is 2.48. The second-order valence-corrected chi connectivity index (χ2v) is 17.7. The Bertz CT molecular complexity index is 2240. The van der Waals surface area contributed by atoms with Crippen molar-refractivity contribution in [1.29, 1.82) is 0 Å². The fourth-order valence-corrected chi connectivity index (χ4v) is 10.3. The van der Waals surface area contributed by atoms with Crippen LogP contribution in [0.2, 0.25) is 0 Å². The van der Waals surface area contributed by atoms with Gasteiger partial charge in [0.15, 0.2) is 11.6 Å². The van der Waals surface area contributed by atoms with Crippen LogP contribution in [0.15, 0.2) is 73.6 Å². The number of carbonyl (C=O) groups is 4. The average Bonchev–Trinajstić information content (AvgIpc) is 3.49. The Morgan fingerprint density at radius 1 is 0.952 bits per heavy atom. The molecule has 0 bridgehead atoms. The van der Waals surface area contributed by atoms with Crippen LogP contribution < -0.4 is 9.47 Å². The number of allylic oxidation sites excluding steroid dienone is 2. The van der Waals surface area contributed by atoms with Gasteiger partial charge in [-0.05, 0) is 154 Å². The largest absolute Gasteiger partial charge is 0.496 e. The van der Waals surface area contributed by atoms with Gasteiger partial charge >= 0.3 is 0 Å². The Balaban J connectivity index is 0.00000146. The van der Waals surface area contributed by atoms with Crippen molar-refractivity contribution >= 4 is 34.7 Å². The number of Topliss-reactive ketones (excluding diaryl/α,β-unsaturated/α-hetero) is 2. The number of fused-ring (bicyclic) bond motifs is 2. The number of ether oxygens (including phenoxy) is 2. The Labute approximate surface area is 371 Å². The second-order valence-electron chi connectivity index (χ2n) is 17.7. The molecule has 3 aliphatic carbocycles. The van der Waals surface area contributed by atoms with E-state index in [-0.39, 0.29) is 36.3 Å². The molecule has 1 spiro atoms. The molecule has 1 atom stereocenters. The van der Waals surface area contributed by atoms with E-state index in [0.717, 1.165) is 91.6 Å². The molecule has 5 aliphatic rings. The van der Waals surface area contributed by atoms with E-state index in [0.29, 0.717) is 60.1 Å². The highest BCUT2D eigenvalue weighted by atomic mass is 16.5. The number of hydrogen-bond donors (Lipinski definition) is 0. The fraction of sp³-hybridized carbons (Fsp3) is 0.491. The highest BCUT2D eigenvalue weighted by molar-refractivity contribution is 6.11. The summed E-state index contributed by atoms with van der Waals surface area (Å²) in [6.45, 7) is 23.3. The van der Waals surface area contributed by atoms with E-state index in [1.807, 2.05) is 65.0 Å². The zero-order valence-corrected chi connectivity index (χ0v) is 38.4. The molecule has 8 rings (SSSR count). The average molecular weight is 844 g/mol. The number of amides is 2. The first-order valence-corrected chi connectivity index (χ1v) is 22.9. The maximum Gasteiger partial charge on any atom is 0.259 e. The molecule has 2 aromatic carbocycles. The molecule has 332 valence electrons. The lowest BCUT2D eigenvalue weighted by Gasteiger charge is -2.52. The number of benzene rings is 2. The van der Waals surface area contributed by atoms with Crippen molar-refractivity contribution < 1.29 is 30.1 Å². The number of methoxy groups -OCH3 is 1. The molecule has 1 aromatic heterocycles. The molecule has 2 amide bonds. The minimum Gasteiger partial charge on any atom is -0.496 e. The van der Waals surface area contributed by atoms with Crippen molar-refractivity contribution in [3.8, 4) is 11.5 Å². The first kappa shape index (κ1) is 46.2. The second kappa shape index (κ2) is 19.8. The van der Waals surface area contributed by atoms with E-state index in [4.69, 9.17) is 9.47 Å². The van der Waals surface area contributed by atoms with Crippen molar-refractivity contribution in [2.75, 3.05) is 20.2 Å². The van der Waals surface area contributed by atoms with Crippen molar-refractivity contribution in [1.82, 2.24) is 14.8 Å². The number of rotatable bonds is 13. The third-order valence-electron chi connectivity index (χ3n) is 13.6. The van der Waals surface area contributed by atoms with E-state index in [9.17, 15) is 19.2 Å². The lowest BCUT2D eigenvalue weighted by molar-refractivity contribution is -0.138. The summed E-state index contributed by atoms with van der Waals surface area (Å²) >= 11 is 0. The van der Waals surface area contributed by atoms with Crippen LogP contribution in [0.25, 0.3) is 11.3 Å². The van der Waals surface area contributed by atoms with Gasteiger partial charge in [0.25, 0.3) is 5.91 Å². The van der Waals surface area contributed by atoms with Gasteiger partial charge in [0.05, 0.1) is 24.8 Å². The van der Waals surface area contributed by atoms with Gasteiger partial charge in [-0.1, -0.05) is 52.0 Å². The molecule has 3 heterocycles. The van der Waals surface area contributed by atoms with Crippen LogP contribution in [0.3, 0.4) is 0 Å². The monoisotopic (exact) mass is 844 g/mol. The van der Waals surface area contributed by atoms with E-state index >= 15 is 0 Å². The van der Waals surface area contributed by atoms with E-state index < -0.39 is 6.04 Å². The lowest BCUT2D eigenvalue weighted by Crippen LogP contribution is -2.52. The molecule has 0 N–H and O–H groups in total. The zero-order valence-electron chi connectivity index (χ0n) is 38.4. The van der Waals surface area contributed by atoms with Crippen molar-refractivity contribution in [2.45, 2.75) is 131 Å².